The standard InChI is InChI=1S/C16H22F3N/c17-16(18,19)15-8-4-5-12(10-15)9-13-6-2-1-3-7-14(13)11-20/h4-5,8,10,13-14H,1-3,6-7,9,11,20H2. The molecule has 1 aromatic carbocycles. The molecule has 1 nitrogen and oxygen atoms in total. The first-order chi connectivity index (χ1) is 9.50. The van der Waals surface area contributed by atoms with Gasteiger partial charge in [0, 0.05) is 0 Å². The van der Waals surface area contributed by atoms with E-state index < -0.39 is 11.7 Å². The average Bonchev–Trinajstić information content (AvgIpc) is 2.63. The van der Waals surface area contributed by atoms with Gasteiger partial charge in [-0.25, -0.2) is 0 Å². The van der Waals surface area contributed by atoms with Crippen molar-refractivity contribution >= 4 is 0 Å². The van der Waals surface area contributed by atoms with Crippen LogP contribution in [0.4, 0.5) is 13.2 Å². The SMILES string of the molecule is NCC1CCCCCC1Cc1cccc(C(F)(F)F)c1. The largest absolute Gasteiger partial charge is 0.416 e. The normalized spacial score (nSPS) is 24.4. The Hall–Kier alpha value is -1.03. The molecule has 4 heteroatoms. The second-order valence-corrected chi connectivity index (χ2v) is 5.80. The Labute approximate surface area is 118 Å². The summed E-state index contributed by atoms with van der Waals surface area (Å²) in [6.45, 7) is 0.642. The fraction of sp³-hybridized carbons (Fsp3) is 0.625. The number of benzene rings is 1. The molecule has 2 N–H and O–H groups in total. The van der Waals surface area contributed by atoms with E-state index in [9.17, 15) is 13.2 Å². The van der Waals surface area contributed by atoms with Crippen LogP contribution in [0.5, 0.6) is 0 Å². The predicted molar refractivity (Wildman–Crippen MR) is 74.3 cm³/mol. The van der Waals surface area contributed by atoms with Gasteiger partial charge in [-0.05, 0) is 49.3 Å². The molecule has 112 valence electrons. The summed E-state index contributed by atoms with van der Waals surface area (Å²) in [6.07, 6.45) is 2.23. The number of hydrogen-bond donors (Lipinski definition) is 1. The number of nitrogens with two attached hydrogens (primary N) is 1. The van der Waals surface area contributed by atoms with E-state index in [1.165, 1.54) is 31.4 Å². The minimum atomic E-state index is -4.26. The quantitative estimate of drug-likeness (QED) is 0.818. The third kappa shape index (κ3) is 3.98. The topological polar surface area (TPSA) is 26.0 Å². The molecule has 1 aliphatic carbocycles. The molecule has 0 amide bonds. The minimum Gasteiger partial charge on any atom is -0.330 e. The zero-order valence-corrected chi connectivity index (χ0v) is 11.6. The highest BCUT2D eigenvalue weighted by atomic mass is 19.4. The highest BCUT2D eigenvalue weighted by Crippen LogP contribution is 2.33. The van der Waals surface area contributed by atoms with E-state index in [-0.39, 0.29) is 0 Å². The average molecular weight is 285 g/mol. The summed E-state index contributed by atoms with van der Waals surface area (Å²) in [5, 5.41) is 0. The number of alkyl halides is 3. The van der Waals surface area contributed by atoms with Crippen LogP contribution in [0.3, 0.4) is 0 Å². The molecule has 0 aromatic heterocycles. The third-order valence-corrected chi connectivity index (χ3v) is 4.37. The van der Waals surface area contributed by atoms with Gasteiger partial charge in [-0.1, -0.05) is 37.5 Å². The maximum absolute atomic E-state index is 12.7. The summed E-state index contributed by atoms with van der Waals surface area (Å²) < 4.78 is 38.2. The minimum absolute atomic E-state index is 0.422. The fourth-order valence-corrected chi connectivity index (χ4v) is 3.22. The Morgan fingerprint density at radius 2 is 1.75 bits per heavy atom. The van der Waals surface area contributed by atoms with Crippen LogP contribution in [-0.2, 0) is 12.6 Å². The summed E-state index contributed by atoms with van der Waals surface area (Å²) in [6, 6.07) is 5.73. The van der Waals surface area contributed by atoms with Crippen molar-refractivity contribution < 1.29 is 13.2 Å². The van der Waals surface area contributed by atoms with E-state index in [2.05, 4.69) is 0 Å². The van der Waals surface area contributed by atoms with Crippen LogP contribution in [0.15, 0.2) is 24.3 Å². The van der Waals surface area contributed by atoms with Crippen LogP contribution in [0.2, 0.25) is 0 Å². The second kappa shape index (κ2) is 6.61. The maximum Gasteiger partial charge on any atom is 0.416 e. The molecule has 1 saturated carbocycles. The molecule has 1 aliphatic rings. The van der Waals surface area contributed by atoms with Crippen molar-refractivity contribution in [2.45, 2.75) is 44.7 Å². The summed E-state index contributed by atoms with van der Waals surface area (Å²) in [5.74, 6) is 0.873. The molecule has 2 atom stereocenters. The summed E-state index contributed by atoms with van der Waals surface area (Å²) in [4.78, 5) is 0. The number of halogens is 3. The van der Waals surface area contributed by atoms with Crippen LogP contribution in [0, 0.1) is 11.8 Å². The zero-order valence-electron chi connectivity index (χ0n) is 11.6. The molecule has 0 heterocycles. The molecule has 0 spiro atoms. The molecule has 20 heavy (non-hydrogen) atoms. The fourth-order valence-electron chi connectivity index (χ4n) is 3.22. The highest BCUT2D eigenvalue weighted by Gasteiger charge is 2.31. The number of rotatable bonds is 3. The van der Waals surface area contributed by atoms with E-state index in [0.717, 1.165) is 24.5 Å². The molecule has 2 unspecified atom stereocenters. The van der Waals surface area contributed by atoms with Gasteiger partial charge in [-0.2, -0.15) is 13.2 Å². The van der Waals surface area contributed by atoms with Gasteiger partial charge in [0.2, 0.25) is 0 Å². The lowest BCUT2D eigenvalue weighted by Crippen LogP contribution is -2.24. The molecule has 0 saturated heterocycles. The van der Waals surface area contributed by atoms with Gasteiger partial charge >= 0.3 is 6.18 Å². The van der Waals surface area contributed by atoms with E-state index in [4.69, 9.17) is 5.73 Å². The summed E-state index contributed by atoms with van der Waals surface area (Å²) in [7, 11) is 0. The van der Waals surface area contributed by atoms with Crippen LogP contribution >= 0.6 is 0 Å². The molecular weight excluding hydrogens is 263 g/mol. The van der Waals surface area contributed by atoms with Crippen molar-refractivity contribution in [2.24, 2.45) is 17.6 Å². The van der Waals surface area contributed by atoms with Gasteiger partial charge in [0.15, 0.2) is 0 Å². The van der Waals surface area contributed by atoms with Crippen molar-refractivity contribution in [1.29, 1.82) is 0 Å². The first kappa shape index (κ1) is 15.4. The lowest BCUT2D eigenvalue weighted by molar-refractivity contribution is -0.137. The zero-order chi connectivity index (χ0) is 14.6. The Morgan fingerprint density at radius 3 is 2.40 bits per heavy atom. The Kier molecular flexibility index (Phi) is 5.08. The first-order valence-corrected chi connectivity index (χ1v) is 7.37. The van der Waals surface area contributed by atoms with Gasteiger partial charge in [0.05, 0.1) is 5.56 Å². The maximum atomic E-state index is 12.7. The van der Waals surface area contributed by atoms with Gasteiger partial charge in [-0.3, -0.25) is 0 Å². The lowest BCUT2D eigenvalue weighted by atomic mass is 9.83. The molecule has 2 rings (SSSR count). The smallest absolute Gasteiger partial charge is 0.330 e. The Balaban J connectivity index is 2.11. The third-order valence-electron chi connectivity index (χ3n) is 4.37. The Bertz CT molecular complexity index is 428. The van der Waals surface area contributed by atoms with Crippen molar-refractivity contribution in [1.82, 2.24) is 0 Å². The molecular formula is C16H22F3N. The Morgan fingerprint density at radius 1 is 1.05 bits per heavy atom. The molecule has 0 aliphatic heterocycles. The van der Waals surface area contributed by atoms with E-state index >= 15 is 0 Å². The van der Waals surface area contributed by atoms with Crippen molar-refractivity contribution in [2.75, 3.05) is 6.54 Å². The van der Waals surface area contributed by atoms with Gasteiger partial charge in [0.1, 0.15) is 0 Å². The van der Waals surface area contributed by atoms with E-state index in [1.54, 1.807) is 6.07 Å². The predicted octanol–water partition coefficient (Wildman–Crippen LogP) is 4.40. The summed E-state index contributed by atoms with van der Waals surface area (Å²) in [5.41, 5.74) is 6.07. The van der Waals surface area contributed by atoms with Crippen LogP contribution in [0.1, 0.15) is 43.2 Å². The van der Waals surface area contributed by atoms with Crippen molar-refractivity contribution in [3.63, 3.8) is 0 Å². The van der Waals surface area contributed by atoms with Crippen molar-refractivity contribution in [3.8, 4) is 0 Å². The second-order valence-electron chi connectivity index (χ2n) is 5.80. The highest BCUT2D eigenvalue weighted by molar-refractivity contribution is 5.26. The monoisotopic (exact) mass is 285 g/mol. The van der Waals surface area contributed by atoms with Crippen LogP contribution < -0.4 is 5.73 Å². The van der Waals surface area contributed by atoms with Crippen molar-refractivity contribution in [3.05, 3.63) is 35.4 Å². The lowest BCUT2D eigenvalue weighted by Gasteiger charge is -2.24. The van der Waals surface area contributed by atoms with Crippen LogP contribution in [0.25, 0.3) is 0 Å². The van der Waals surface area contributed by atoms with Crippen LogP contribution in [-0.4, -0.2) is 6.54 Å². The molecule has 0 bridgehead atoms. The molecule has 1 aromatic rings. The van der Waals surface area contributed by atoms with E-state index in [0.29, 0.717) is 24.8 Å². The number of hydrogen-bond acceptors (Lipinski definition) is 1. The van der Waals surface area contributed by atoms with Gasteiger partial charge < -0.3 is 5.73 Å². The summed E-state index contributed by atoms with van der Waals surface area (Å²) >= 11 is 0. The first-order valence-electron chi connectivity index (χ1n) is 7.37. The molecule has 1 fully saturated rings. The van der Waals surface area contributed by atoms with Gasteiger partial charge in [-0.15, -0.1) is 0 Å². The van der Waals surface area contributed by atoms with E-state index in [1.807, 2.05) is 0 Å². The van der Waals surface area contributed by atoms with Gasteiger partial charge in [0.25, 0.3) is 0 Å². The molecule has 0 radical (unpaired) electrons.